The van der Waals surface area contributed by atoms with Gasteiger partial charge in [-0.15, -0.1) is 21.5 Å². The Morgan fingerprint density at radius 3 is 2.85 bits per heavy atom. The molecule has 8 heteroatoms. The highest BCUT2D eigenvalue weighted by molar-refractivity contribution is 7.17. The van der Waals surface area contributed by atoms with Crippen molar-refractivity contribution in [2.45, 2.75) is 26.3 Å². The fraction of sp³-hybridized carbons (Fsp3) is 0.211. The normalized spacial score (nSPS) is 11.4. The molecule has 0 unspecified atom stereocenters. The molecule has 5 nitrogen and oxygen atoms in total. The van der Waals surface area contributed by atoms with E-state index in [-0.39, 0.29) is 17.6 Å². The number of hydrogen-bond donors (Lipinski definition) is 1. The van der Waals surface area contributed by atoms with Crippen LogP contribution in [0.2, 0.25) is 0 Å². The number of fused-ring (bicyclic) bond motifs is 1. The number of hydrogen-bond acceptors (Lipinski definition) is 5. The molecule has 0 fully saturated rings. The van der Waals surface area contributed by atoms with Crippen molar-refractivity contribution in [3.05, 3.63) is 63.9 Å². The third kappa shape index (κ3) is 3.63. The topological polar surface area (TPSA) is 59.8 Å². The molecule has 0 saturated heterocycles. The first-order valence-electron chi connectivity index (χ1n) is 8.47. The van der Waals surface area contributed by atoms with Crippen LogP contribution in [0, 0.1) is 5.82 Å². The fourth-order valence-electron chi connectivity index (χ4n) is 2.83. The van der Waals surface area contributed by atoms with Gasteiger partial charge in [-0.25, -0.2) is 4.39 Å². The number of nitrogens with zero attached hydrogens (tertiary/aromatic N) is 3. The average Bonchev–Trinajstić information content (AvgIpc) is 3.32. The van der Waals surface area contributed by atoms with Crippen LogP contribution in [0.3, 0.4) is 0 Å². The third-order valence-corrected chi connectivity index (χ3v) is 6.13. The maximum absolute atomic E-state index is 13.6. The van der Waals surface area contributed by atoms with Crippen LogP contribution in [0.15, 0.2) is 41.8 Å². The summed E-state index contributed by atoms with van der Waals surface area (Å²) in [6.45, 7) is 4.48. The highest BCUT2D eigenvalue weighted by atomic mass is 32.1. The number of nitrogens with one attached hydrogen (secondary N) is 1. The van der Waals surface area contributed by atoms with Gasteiger partial charge in [-0.3, -0.25) is 10.1 Å². The molecule has 4 aromatic rings. The number of amides is 1. The first-order chi connectivity index (χ1) is 13.0. The van der Waals surface area contributed by atoms with Crippen molar-refractivity contribution in [2.24, 2.45) is 0 Å². The van der Waals surface area contributed by atoms with Crippen molar-refractivity contribution in [1.82, 2.24) is 14.8 Å². The number of carbonyl (C=O) groups excluding carboxylic acids is 1. The summed E-state index contributed by atoms with van der Waals surface area (Å²) in [6, 6.07) is 10.3. The first-order valence-corrected chi connectivity index (χ1v) is 10.2. The van der Waals surface area contributed by atoms with Gasteiger partial charge in [0.2, 0.25) is 5.13 Å². The second-order valence-electron chi connectivity index (χ2n) is 6.47. The highest BCUT2D eigenvalue weighted by Crippen LogP contribution is 2.28. The zero-order valence-corrected chi connectivity index (χ0v) is 16.4. The van der Waals surface area contributed by atoms with Gasteiger partial charge in [-0.1, -0.05) is 37.3 Å². The molecule has 3 aromatic heterocycles. The molecule has 0 spiro atoms. The predicted octanol–water partition coefficient (Wildman–Crippen LogP) is 5.12. The van der Waals surface area contributed by atoms with E-state index in [1.54, 1.807) is 17.4 Å². The molecule has 0 atom stereocenters. The minimum atomic E-state index is -0.290. The molecule has 1 aromatic carbocycles. The smallest absolute Gasteiger partial charge is 0.274 e. The van der Waals surface area contributed by atoms with Gasteiger partial charge < -0.3 is 4.57 Å². The Hall–Kier alpha value is -2.58. The Balaban J connectivity index is 1.66. The third-order valence-electron chi connectivity index (χ3n) is 4.14. The van der Waals surface area contributed by atoms with E-state index in [4.69, 9.17) is 0 Å². The number of carbonyl (C=O) groups is 1. The summed E-state index contributed by atoms with van der Waals surface area (Å²) in [7, 11) is 0. The lowest BCUT2D eigenvalue weighted by Gasteiger charge is -2.10. The quantitative estimate of drug-likeness (QED) is 0.506. The van der Waals surface area contributed by atoms with Gasteiger partial charge in [0.25, 0.3) is 5.91 Å². The summed E-state index contributed by atoms with van der Waals surface area (Å²) in [4.78, 5) is 12.9. The van der Waals surface area contributed by atoms with Crippen molar-refractivity contribution in [2.75, 3.05) is 5.32 Å². The van der Waals surface area contributed by atoms with Crippen molar-refractivity contribution in [3.8, 4) is 0 Å². The monoisotopic (exact) mass is 400 g/mol. The second kappa shape index (κ2) is 7.21. The number of aromatic nitrogens is 3. The van der Waals surface area contributed by atoms with Gasteiger partial charge in [-0.05, 0) is 35.2 Å². The van der Waals surface area contributed by atoms with Crippen LogP contribution in [0.5, 0.6) is 0 Å². The van der Waals surface area contributed by atoms with Crippen LogP contribution < -0.4 is 5.32 Å². The van der Waals surface area contributed by atoms with Crippen LogP contribution in [-0.2, 0) is 6.54 Å². The summed E-state index contributed by atoms with van der Waals surface area (Å²) >= 11 is 2.94. The van der Waals surface area contributed by atoms with Crippen LogP contribution >= 0.6 is 22.7 Å². The molecule has 0 bridgehead atoms. The van der Waals surface area contributed by atoms with Gasteiger partial charge in [0, 0.05) is 12.5 Å². The Labute approximate surface area is 163 Å². The Bertz CT molecular complexity index is 1110. The van der Waals surface area contributed by atoms with Gasteiger partial charge in [0.15, 0.2) is 0 Å². The molecule has 4 rings (SSSR count). The highest BCUT2D eigenvalue weighted by Gasteiger charge is 2.19. The zero-order valence-electron chi connectivity index (χ0n) is 14.8. The summed E-state index contributed by atoms with van der Waals surface area (Å²) < 4.78 is 16.5. The van der Waals surface area contributed by atoms with Crippen LogP contribution in [0.25, 0.3) is 10.2 Å². The molecule has 1 N–H and O–H groups in total. The summed E-state index contributed by atoms with van der Waals surface area (Å²) in [5.74, 6) is -0.279. The molecule has 0 aliphatic rings. The van der Waals surface area contributed by atoms with Gasteiger partial charge in [-0.2, -0.15) is 0 Å². The van der Waals surface area contributed by atoms with Crippen LogP contribution in [-0.4, -0.2) is 20.7 Å². The lowest BCUT2D eigenvalue weighted by Crippen LogP contribution is -2.17. The predicted molar refractivity (Wildman–Crippen MR) is 107 cm³/mol. The van der Waals surface area contributed by atoms with E-state index in [0.29, 0.717) is 17.4 Å². The summed E-state index contributed by atoms with van der Waals surface area (Å²) in [5.41, 5.74) is 2.27. The van der Waals surface area contributed by atoms with Gasteiger partial charge >= 0.3 is 0 Å². The number of anilines is 1. The van der Waals surface area contributed by atoms with Gasteiger partial charge in [0.1, 0.15) is 16.5 Å². The molecule has 0 radical (unpaired) electrons. The molecule has 0 aliphatic carbocycles. The zero-order chi connectivity index (χ0) is 19.0. The van der Waals surface area contributed by atoms with Crippen molar-refractivity contribution >= 4 is 43.9 Å². The molecule has 3 heterocycles. The number of benzene rings is 1. The fourth-order valence-corrected chi connectivity index (χ4v) is 4.40. The molecule has 0 aliphatic heterocycles. The number of thiophene rings is 1. The molecular formula is C19H17FN4OS2. The van der Waals surface area contributed by atoms with Crippen LogP contribution in [0.1, 0.15) is 40.8 Å². The lowest BCUT2D eigenvalue weighted by molar-refractivity contribution is 0.101. The Morgan fingerprint density at radius 1 is 1.26 bits per heavy atom. The average molecular weight is 401 g/mol. The first kappa shape index (κ1) is 17.8. The SMILES string of the molecule is CC(C)c1nnc(NC(=O)c2cc3sccc3n2Cc2cccc(F)c2)s1. The van der Waals surface area contributed by atoms with E-state index in [1.807, 2.05) is 42.0 Å². The van der Waals surface area contributed by atoms with Crippen molar-refractivity contribution < 1.29 is 9.18 Å². The second-order valence-corrected chi connectivity index (χ2v) is 8.43. The maximum atomic E-state index is 13.6. The van der Waals surface area contributed by atoms with Crippen LogP contribution in [0.4, 0.5) is 9.52 Å². The minimum Gasteiger partial charge on any atom is -0.331 e. The van der Waals surface area contributed by atoms with E-state index in [2.05, 4.69) is 15.5 Å². The van der Waals surface area contributed by atoms with E-state index >= 15 is 0 Å². The molecule has 0 saturated carbocycles. The van der Waals surface area contributed by atoms with E-state index < -0.39 is 0 Å². The number of rotatable bonds is 5. The van der Waals surface area contributed by atoms with E-state index in [1.165, 1.54) is 23.5 Å². The molecule has 138 valence electrons. The van der Waals surface area contributed by atoms with E-state index in [0.717, 1.165) is 20.8 Å². The standard InChI is InChI=1S/C19H17FN4OS2/c1-11(2)18-22-23-19(27-18)21-17(25)15-9-16-14(6-7-26-16)24(15)10-12-4-3-5-13(20)8-12/h3-9,11H,10H2,1-2H3,(H,21,23,25). The summed E-state index contributed by atoms with van der Waals surface area (Å²) in [5, 5.41) is 14.3. The van der Waals surface area contributed by atoms with Crippen molar-refractivity contribution in [3.63, 3.8) is 0 Å². The summed E-state index contributed by atoms with van der Waals surface area (Å²) in [6.07, 6.45) is 0. The Kier molecular flexibility index (Phi) is 4.75. The van der Waals surface area contributed by atoms with Crippen molar-refractivity contribution in [1.29, 1.82) is 0 Å². The minimum absolute atomic E-state index is 0.249. The van der Waals surface area contributed by atoms with Gasteiger partial charge in [0.05, 0.1) is 10.2 Å². The molecule has 27 heavy (non-hydrogen) atoms. The molecular weight excluding hydrogens is 383 g/mol. The maximum Gasteiger partial charge on any atom is 0.274 e. The lowest BCUT2D eigenvalue weighted by atomic mass is 10.2. The molecule has 1 amide bonds. The number of halogens is 1. The Morgan fingerprint density at radius 2 is 2.11 bits per heavy atom. The van der Waals surface area contributed by atoms with E-state index in [9.17, 15) is 9.18 Å². The largest absolute Gasteiger partial charge is 0.331 e.